The van der Waals surface area contributed by atoms with Crippen LogP contribution < -0.4 is 0 Å². The van der Waals surface area contributed by atoms with Gasteiger partial charge in [0.05, 0.1) is 21.3 Å². The van der Waals surface area contributed by atoms with Gasteiger partial charge in [0.15, 0.2) is 0 Å². The predicted octanol–water partition coefficient (Wildman–Crippen LogP) is 5.43. The van der Waals surface area contributed by atoms with Crippen molar-refractivity contribution in [3.8, 4) is 11.5 Å². The Morgan fingerprint density at radius 1 is 1.14 bits per heavy atom. The molecule has 1 saturated heterocycles. The van der Waals surface area contributed by atoms with E-state index in [-0.39, 0.29) is 11.9 Å². The van der Waals surface area contributed by atoms with Crippen LogP contribution in [0.1, 0.15) is 42.6 Å². The van der Waals surface area contributed by atoms with Gasteiger partial charge in [-0.2, -0.15) is 0 Å². The average Bonchev–Trinajstić information content (AvgIpc) is 3.41. The van der Waals surface area contributed by atoms with Crippen molar-refractivity contribution >= 4 is 21.6 Å². The Kier molecular flexibility index (Phi) is 4.85. The number of likely N-dealkylation sites (tertiary alicyclic amines) is 1. The Morgan fingerprint density at radius 3 is 2.79 bits per heavy atom. The van der Waals surface area contributed by atoms with E-state index in [1.165, 1.54) is 21.8 Å². The number of thiazole rings is 1. The number of halogens is 1. The first-order valence-corrected chi connectivity index (χ1v) is 10.7. The third kappa shape index (κ3) is 3.68. The van der Waals surface area contributed by atoms with Crippen LogP contribution in [0.3, 0.4) is 0 Å². The fourth-order valence-corrected chi connectivity index (χ4v) is 4.99. The van der Waals surface area contributed by atoms with Crippen molar-refractivity contribution in [3.63, 3.8) is 0 Å². The molecule has 0 bridgehead atoms. The van der Waals surface area contributed by atoms with Crippen LogP contribution in [0, 0.1) is 5.82 Å². The zero-order valence-electron chi connectivity index (χ0n) is 16.1. The van der Waals surface area contributed by atoms with Crippen LogP contribution in [0.5, 0.6) is 0 Å². The minimum atomic E-state index is -0.281. The highest BCUT2D eigenvalue weighted by Crippen LogP contribution is 2.35. The Balaban J connectivity index is 1.33. The lowest BCUT2D eigenvalue weighted by Crippen LogP contribution is -2.36. The van der Waals surface area contributed by atoms with Crippen molar-refractivity contribution in [3.05, 3.63) is 65.2 Å². The van der Waals surface area contributed by atoms with Gasteiger partial charge in [-0.05, 0) is 62.7 Å². The first-order valence-electron chi connectivity index (χ1n) is 9.86. The Hall–Kier alpha value is -2.64. The fourth-order valence-electron chi connectivity index (χ4n) is 3.89. The summed E-state index contributed by atoms with van der Waals surface area (Å²) in [6, 6.07) is 14.4. The van der Waals surface area contributed by atoms with Gasteiger partial charge in [0, 0.05) is 18.0 Å². The third-order valence-corrected chi connectivity index (χ3v) is 6.75. The number of aromatic nitrogens is 3. The molecule has 1 aliphatic heterocycles. The smallest absolute Gasteiger partial charge is 0.247 e. The lowest BCUT2D eigenvalue weighted by Gasteiger charge is -2.34. The summed E-state index contributed by atoms with van der Waals surface area (Å²) in [6.07, 6.45) is 2.26. The number of hydrogen-bond acceptors (Lipinski definition) is 6. The van der Waals surface area contributed by atoms with Gasteiger partial charge < -0.3 is 4.42 Å². The molecule has 0 saturated carbocycles. The van der Waals surface area contributed by atoms with Crippen LogP contribution >= 0.6 is 11.3 Å². The van der Waals surface area contributed by atoms with Gasteiger partial charge in [0.2, 0.25) is 11.8 Å². The van der Waals surface area contributed by atoms with E-state index in [4.69, 9.17) is 9.40 Å². The molecule has 1 fully saturated rings. The minimum Gasteiger partial charge on any atom is -0.419 e. The van der Waals surface area contributed by atoms with E-state index in [0.29, 0.717) is 17.7 Å². The van der Waals surface area contributed by atoms with Crippen LogP contribution in [0.2, 0.25) is 0 Å². The Labute approximate surface area is 172 Å². The molecule has 5 nitrogen and oxygen atoms in total. The van der Waals surface area contributed by atoms with Crippen molar-refractivity contribution in [2.45, 2.75) is 31.7 Å². The number of rotatable bonds is 4. The average molecular weight is 409 g/mol. The molecule has 0 radical (unpaired) electrons. The molecule has 4 aromatic rings. The highest BCUT2D eigenvalue weighted by atomic mass is 32.1. The maximum atomic E-state index is 13.1. The summed E-state index contributed by atoms with van der Waals surface area (Å²) in [5.74, 6) is 1.15. The number of hydrogen-bond donors (Lipinski definition) is 0. The number of para-hydroxylation sites is 1. The predicted molar refractivity (Wildman–Crippen MR) is 111 cm³/mol. The van der Waals surface area contributed by atoms with Crippen LogP contribution in [0.15, 0.2) is 52.9 Å². The third-order valence-electron chi connectivity index (χ3n) is 5.55. The summed E-state index contributed by atoms with van der Waals surface area (Å²) < 4.78 is 20.3. The number of benzene rings is 2. The maximum absolute atomic E-state index is 13.1. The van der Waals surface area contributed by atoms with Gasteiger partial charge in [-0.3, -0.25) is 4.90 Å². The molecule has 7 heteroatoms. The van der Waals surface area contributed by atoms with E-state index in [1.54, 1.807) is 23.5 Å². The molecule has 0 N–H and O–H groups in total. The second-order valence-electron chi connectivity index (χ2n) is 7.48. The zero-order chi connectivity index (χ0) is 19.8. The lowest BCUT2D eigenvalue weighted by atomic mass is 9.97. The highest BCUT2D eigenvalue weighted by molar-refractivity contribution is 7.18. The van der Waals surface area contributed by atoms with Crippen LogP contribution in [-0.2, 0) is 0 Å². The van der Waals surface area contributed by atoms with Gasteiger partial charge in [0.1, 0.15) is 5.82 Å². The van der Waals surface area contributed by atoms with E-state index in [9.17, 15) is 4.39 Å². The van der Waals surface area contributed by atoms with Crippen LogP contribution in [0.25, 0.3) is 21.7 Å². The van der Waals surface area contributed by atoms with Gasteiger partial charge in [-0.1, -0.05) is 12.1 Å². The minimum absolute atomic E-state index is 0.0221. The van der Waals surface area contributed by atoms with Crippen molar-refractivity contribution in [1.29, 1.82) is 0 Å². The molecule has 3 heterocycles. The van der Waals surface area contributed by atoms with Crippen molar-refractivity contribution in [2.24, 2.45) is 0 Å². The molecule has 29 heavy (non-hydrogen) atoms. The number of nitrogens with zero attached hydrogens (tertiary/aromatic N) is 4. The van der Waals surface area contributed by atoms with Gasteiger partial charge in [-0.15, -0.1) is 21.5 Å². The van der Waals surface area contributed by atoms with Crippen LogP contribution in [0.4, 0.5) is 4.39 Å². The molecule has 0 unspecified atom stereocenters. The SMILES string of the molecule is C[C@@H](c1nnc(-c2ccc(F)cc2)o1)N1CCC[C@@H](c2nc3ccccc3s2)C1. The quantitative estimate of drug-likeness (QED) is 0.451. The fraction of sp³-hybridized carbons (Fsp3) is 0.318. The van der Waals surface area contributed by atoms with Crippen molar-refractivity contribution < 1.29 is 8.81 Å². The molecule has 0 amide bonds. The molecule has 0 spiro atoms. The summed E-state index contributed by atoms with van der Waals surface area (Å²) >= 11 is 1.80. The molecule has 2 aromatic heterocycles. The summed E-state index contributed by atoms with van der Waals surface area (Å²) in [7, 11) is 0. The summed E-state index contributed by atoms with van der Waals surface area (Å²) in [5, 5.41) is 9.63. The molecule has 148 valence electrons. The van der Waals surface area contributed by atoms with Gasteiger partial charge in [0.25, 0.3) is 0 Å². The maximum Gasteiger partial charge on any atom is 0.247 e. The van der Waals surface area contributed by atoms with Crippen molar-refractivity contribution in [1.82, 2.24) is 20.1 Å². The lowest BCUT2D eigenvalue weighted by molar-refractivity contribution is 0.139. The topological polar surface area (TPSA) is 55.1 Å². The Morgan fingerprint density at radius 2 is 1.97 bits per heavy atom. The molecular formula is C22H21FN4OS. The second-order valence-corrected chi connectivity index (χ2v) is 8.54. The van der Waals surface area contributed by atoms with E-state index < -0.39 is 0 Å². The zero-order valence-corrected chi connectivity index (χ0v) is 16.9. The molecule has 0 aliphatic carbocycles. The monoisotopic (exact) mass is 408 g/mol. The van der Waals surface area contributed by atoms with Gasteiger partial charge in [-0.25, -0.2) is 9.37 Å². The largest absolute Gasteiger partial charge is 0.419 e. The Bertz CT molecular complexity index is 1090. The van der Waals surface area contributed by atoms with E-state index in [0.717, 1.165) is 37.0 Å². The van der Waals surface area contributed by atoms with Crippen LogP contribution in [-0.4, -0.2) is 33.2 Å². The summed E-state index contributed by atoms with van der Waals surface area (Å²) in [6.45, 7) is 4.02. The molecule has 2 aromatic carbocycles. The van der Waals surface area contributed by atoms with Crippen molar-refractivity contribution in [2.75, 3.05) is 13.1 Å². The number of fused-ring (bicyclic) bond motifs is 1. The molecule has 1 aliphatic rings. The molecule has 2 atom stereocenters. The number of piperidine rings is 1. The summed E-state index contributed by atoms with van der Waals surface area (Å²) in [4.78, 5) is 7.25. The van der Waals surface area contributed by atoms with E-state index in [2.05, 4.69) is 40.2 Å². The second kappa shape index (κ2) is 7.65. The van der Waals surface area contributed by atoms with Gasteiger partial charge >= 0.3 is 0 Å². The first kappa shape index (κ1) is 18.4. The molecule has 5 rings (SSSR count). The highest BCUT2D eigenvalue weighted by Gasteiger charge is 2.29. The summed E-state index contributed by atoms with van der Waals surface area (Å²) in [5.41, 5.74) is 1.81. The first-order chi connectivity index (χ1) is 14.2. The van der Waals surface area contributed by atoms with E-state index >= 15 is 0 Å². The molecular weight excluding hydrogens is 387 g/mol. The van der Waals surface area contributed by atoms with E-state index in [1.807, 2.05) is 6.07 Å². The normalized spacial score (nSPS) is 18.9. The standard InChI is InChI=1S/C22H21FN4OS/c1-14(20-25-26-21(28-20)15-8-10-17(23)11-9-15)27-12-4-5-16(13-27)22-24-18-6-2-3-7-19(18)29-22/h2-3,6-11,14,16H,4-5,12-13H2,1H3/t14-,16+/m0/s1.